The van der Waals surface area contributed by atoms with Gasteiger partial charge in [0.2, 0.25) is 15.9 Å². The number of carbonyl (C=O) groups is 1. The number of nitrogens with two attached hydrogens (primary N) is 1. The summed E-state index contributed by atoms with van der Waals surface area (Å²) in [5.74, 6) is -0.203. The number of aryl methyl sites for hydroxylation is 1. The number of nitrogens with one attached hydrogen (secondary N) is 1. The lowest BCUT2D eigenvalue weighted by Crippen LogP contribution is -2.49. The first-order valence-corrected chi connectivity index (χ1v) is 11.1. The Kier molecular flexibility index (Phi) is 6.58. The third kappa shape index (κ3) is 5.96. The van der Waals surface area contributed by atoms with E-state index >= 15 is 0 Å². The van der Waals surface area contributed by atoms with Crippen LogP contribution in [0.15, 0.2) is 47.4 Å². The Hall–Kier alpha value is -2.63. The molecule has 0 radical (unpaired) electrons. The summed E-state index contributed by atoms with van der Waals surface area (Å²) < 4.78 is 63.5. The number of hydrogen-bond acceptors (Lipinski definition) is 5. The maximum absolute atomic E-state index is 13.5. The molecular formula is C20H23F3N4O3S. The van der Waals surface area contributed by atoms with Crippen molar-refractivity contribution in [3.63, 3.8) is 0 Å². The third-order valence-corrected chi connectivity index (χ3v) is 5.93. The lowest BCUT2D eigenvalue weighted by atomic mass is 10.1. The molecule has 31 heavy (non-hydrogen) atoms. The summed E-state index contributed by atoms with van der Waals surface area (Å²) in [6.45, 7) is 3.35. The standard InChI is InChI=1S/C20H23F3N4O3S/c1-14-2-4-15(5-3-14)25-19(28)13-26-8-10-27(11-9-26)18-7-6-16(31(24,29)30)12-17(18)20(21,22)23/h2-7,12H,8-11,13H2,1H3,(H,25,28)(H2,24,29,30). The van der Waals surface area contributed by atoms with Crippen LogP contribution < -0.4 is 15.4 Å². The Bertz CT molecular complexity index is 1050. The van der Waals surface area contributed by atoms with E-state index in [0.717, 1.165) is 17.7 Å². The molecule has 2 aromatic carbocycles. The molecule has 1 fully saturated rings. The maximum atomic E-state index is 13.5. The molecule has 1 heterocycles. The minimum Gasteiger partial charge on any atom is -0.368 e. The van der Waals surface area contributed by atoms with Crippen LogP contribution in [-0.4, -0.2) is 51.9 Å². The molecule has 0 atom stereocenters. The molecule has 0 saturated carbocycles. The van der Waals surface area contributed by atoms with Gasteiger partial charge in [0.05, 0.1) is 17.0 Å². The van der Waals surface area contributed by atoms with Gasteiger partial charge in [-0.05, 0) is 37.3 Å². The van der Waals surface area contributed by atoms with Gasteiger partial charge in [-0.1, -0.05) is 17.7 Å². The van der Waals surface area contributed by atoms with Crippen molar-refractivity contribution in [1.82, 2.24) is 4.90 Å². The van der Waals surface area contributed by atoms with E-state index in [0.29, 0.717) is 24.8 Å². The van der Waals surface area contributed by atoms with E-state index in [1.807, 2.05) is 24.0 Å². The predicted octanol–water partition coefficient (Wildman–Crippen LogP) is 2.42. The lowest BCUT2D eigenvalue weighted by molar-refractivity contribution is -0.137. The summed E-state index contributed by atoms with van der Waals surface area (Å²) >= 11 is 0. The van der Waals surface area contributed by atoms with Crippen molar-refractivity contribution in [3.05, 3.63) is 53.6 Å². The van der Waals surface area contributed by atoms with Crippen molar-refractivity contribution in [2.24, 2.45) is 5.14 Å². The number of benzene rings is 2. The normalized spacial score (nSPS) is 15.7. The molecule has 1 aliphatic rings. The Balaban J connectivity index is 1.65. The van der Waals surface area contributed by atoms with E-state index in [1.165, 1.54) is 4.90 Å². The second kappa shape index (κ2) is 8.85. The summed E-state index contributed by atoms with van der Waals surface area (Å²) in [5.41, 5.74) is 0.594. The Morgan fingerprint density at radius 2 is 1.68 bits per heavy atom. The highest BCUT2D eigenvalue weighted by Crippen LogP contribution is 2.38. The first-order chi connectivity index (χ1) is 14.4. The van der Waals surface area contributed by atoms with Crippen LogP contribution in [0, 0.1) is 6.92 Å². The zero-order chi connectivity index (χ0) is 22.8. The van der Waals surface area contributed by atoms with Gasteiger partial charge in [-0.15, -0.1) is 0 Å². The van der Waals surface area contributed by atoms with Crippen LogP contribution in [0.25, 0.3) is 0 Å². The highest BCUT2D eigenvalue weighted by molar-refractivity contribution is 7.89. The first-order valence-electron chi connectivity index (χ1n) is 9.51. The SMILES string of the molecule is Cc1ccc(NC(=O)CN2CCN(c3ccc(S(N)(=O)=O)cc3C(F)(F)F)CC2)cc1. The molecule has 7 nitrogen and oxygen atoms in total. The molecule has 1 aliphatic heterocycles. The van der Waals surface area contributed by atoms with Crippen LogP contribution in [-0.2, 0) is 21.0 Å². The zero-order valence-electron chi connectivity index (χ0n) is 16.8. The number of halogens is 3. The van der Waals surface area contributed by atoms with Crippen molar-refractivity contribution >= 4 is 27.3 Å². The quantitative estimate of drug-likeness (QED) is 0.721. The van der Waals surface area contributed by atoms with E-state index in [-0.39, 0.29) is 31.2 Å². The molecule has 0 aliphatic carbocycles. The van der Waals surface area contributed by atoms with Gasteiger partial charge in [-0.2, -0.15) is 13.2 Å². The number of amides is 1. The molecule has 3 rings (SSSR count). The number of nitrogens with zero attached hydrogens (tertiary/aromatic N) is 2. The third-order valence-electron chi connectivity index (χ3n) is 5.02. The van der Waals surface area contributed by atoms with Gasteiger partial charge in [-0.25, -0.2) is 13.6 Å². The molecule has 1 amide bonds. The maximum Gasteiger partial charge on any atom is 0.418 e. The molecule has 0 aromatic heterocycles. The minimum absolute atomic E-state index is 0.108. The fourth-order valence-corrected chi connectivity index (χ4v) is 3.92. The van der Waals surface area contributed by atoms with Gasteiger partial charge in [0, 0.05) is 37.6 Å². The topological polar surface area (TPSA) is 95.7 Å². The monoisotopic (exact) mass is 456 g/mol. The second-order valence-electron chi connectivity index (χ2n) is 7.40. The summed E-state index contributed by atoms with van der Waals surface area (Å²) in [7, 11) is -4.25. The number of carbonyl (C=O) groups excluding carboxylic acids is 1. The van der Waals surface area contributed by atoms with E-state index in [9.17, 15) is 26.4 Å². The smallest absolute Gasteiger partial charge is 0.368 e. The van der Waals surface area contributed by atoms with Crippen molar-refractivity contribution in [1.29, 1.82) is 0 Å². The molecule has 0 unspecified atom stereocenters. The Morgan fingerprint density at radius 3 is 2.23 bits per heavy atom. The Morgan fingerprint density at radius 1 is 1.06 bits per heavy atom. The fraction of sp³-hybridized carbons (Fsp3) is 0.350. The number of alkyl halides is 3. The van der Waals surface area contributed by atoms with Crippen molar-refractivity contribution in [2.45, 2.75) is 18.0 Å². The summed E-state index contributed by atoms with van der Waals surface area (Å²) in [6.07, 6.45) is -4.74. The molecule has 0 bridgehead atoms. The lowest BCUT2D eigenvalue weighted by Gasteiger charge is -2.36. The number of piperazine rings is 1. The number of hydrogen-bond donors (Lipinski definition) is 2. The van der Waals surface area contributed by atoms with Crippen molar-refractivity contribution in [2.75, 3.05) is 42.9 Å². The number of anilines is 2. The van der Waals surface area contributed by atoms with Crippen LogP contribution in [0.3, 0.4) is 0 Å². The molecule has 1 saturated heterocycles. The minimum atomic E-state index is -4.74. The van der Waals surface area contributed by atoms with E-state index < -0.39 is 26.7 Å². The van der Waals surface area contributed by atoms with Crippen LogP contribution in [0.4, 0.5) is 24.5 Å². The van der Waals surface area contributed by atoms with Gasteiger partial charge in [-0.3, -0.25) is 9.69 Å². The second-order valence-corrected chi connectivity index (χ2v) is 8.96. The number of primary sulfonamides is 1. The van der Waals surface area contributed by atoms with Crippen molar-refractivity contribution < 1.29 is 26.4 Å². The van der Waals surface area contributed by atoms with E-state index in [4.69, 9.17) is 5.14 Å². The van der Waals surface area contributed by atoms with Gasteiger partial charge >= 0.3 is 6.18 Å². The average Bonchev–Trinajstić information content (AvgIpc) is 2.68. The van der Waals surface area contributed by atoms with Gasteiger partial charge in [0.25, 0.3) is 0 Å². The van der Waals surface area contributed by atoms with Crippen molar-refractivity contribution in [3.8, 4) is 0 Å². The summed E-state index contributed by atoms with van der Waals surface area (Å²) in [6, 6.07) is 10.1. The molecule has 2 aromatic rings. The van der Waals surface area contributed by atoms with Gasteiger partial charge in [0.1, 0.15) is 0 Å². The highest BCUT2D eigenvalue weighted by Gasteiger charge is 2.36. The number of sulfonamides is 1. The van der Waals surface area contributed by atoms with Crippen LogP contribution in [0.1, 0.15) is 11.1 Å². The largest absolute Gasteiger partial charge is 0.418 e. The van der Waals surface area contributed by atoms with Crippen LogP contribution >= 0.6 is 0 Å². The van der Waals surface area contributed by atoms with E-state index in [1.54, 1.807) is 12.1 Å². The van der Waals surface area contributed by atoms with E-state index in [2.05, 4.69) is 5.32 Å². The summed E-state index contributed by atoms with van der Waals surface area (Å²) in [5, 5.41) is 7.77. The molecule has 11 heteroatoms. The number of rotatable bonds is 5. The fourth-order valence-electron chi connectivity index (χ4n) is 3.38. The predicted molar refractivity (Wildman–Crippen MR) is 111 cm³/mol. The zero-order valence-corrected chi connectivity index (χ0v) is 17.6. The molecule has 3 N–H and O–H groups in total. The molecule has 168 valence electrons. The average molecular weight is 456 g/mol. The summed E-state index contributed by atoms with van der Waals surface area (Å²) in [4.78, 5) is 15.0. The van der Waals surface area contributed by atoms with Gasteiger partial charge < -0.3 is 10.2 Å². The first kappa shape index (κ1) is 23.0. The van der Waals surface area contributed by atoms with Crippen LogP contribution in [0.5, 0.6) is 0 Å². The van der Waals surface area contributed by atoms with Gasteiger partial charge in [0.15, 0.2) is 0 Å². The van der Waals surface area contributed by atoms with Crippen LogP contribution in [0.2, 0.25) is 0 Å². The molecular weight excluding hydrogens is 433 g/mol. The highest BCUT2D eigenvalue weighted by atomic mass is 32.2. The Labute approximate surface area is 178 Å². The molecule has 0 spiro atoms.